The average molecular weight is 378 g/mol. The highest BCUT2D eigenvalue weighted by Crippen LogP contribution is 2.31. The van der Waals surface area contributed by atoms with Gasteiger partial charge < -0.3 is 19.4 Å². The third-order valence-corrected chi connectivity index (χ3v) is 5.28. The van der Waals surface area contributed by atoms with Gasteiger partial charge in [0.05, 0.1) is 17.6 Å². The van der Waals surface area contributed by atoms with Crippen molar-refractivity contribution in [1.82, 2.24) is 19.8 Å². The number of fused-ring (bicyclic) bond motifs is 2. The molecule has 2 aliphatic heterocycles. The van der Waals surface area contributed by atoms with Crippen LogP contribution in [-0.2, 0) is 11.3 Å². The molecule has 1 aromatic heterocycles. The van der Waals surface area contributed by atoms with Gasteiger partial charge in [-0.1, -0.05) is 24.3 Å². The first-order chi connectivity index (χ1) is 13.8. The number of ether oxygens (including phenoxy) is 2. The molecular weight excluding hydrogens is 356 g/mol. The lowest BCUT2D eigenvalue weighted by atomic mass is 10.2. The van der Waals surface area contributed by atoms with Crippen molar-refractivity contribution in [3.63, 3.8) is 0 Å². The molecule has 0 unspecified atom stereocenters. The summed E-state index contributed by atoms with van der Waals surface area (Å²) >= 11 is 0. The van der Waals surface area contributed by atoms with E-state index in [2.05, 4.69) is 14.9 Å². The number of rotatable bonds is 3. The molecular formula is C21H22N4O3. The number of nitrogens with zero attached hydrogens (tertiary/aromatic N) is 3. The van der Waals surface area contributed by atoms with E-state index in [-0.39, 0.29) is 12.5 Å². The van der Waals surface area contributed by atoms with Crippen LogP contribution in [0.2, 0.25) is 0 Å². The predicted molar refractivity (Wildman–Crippen MR) is 104 cm³/mol. The predicted octanol–water partition coefficient (Wildman–Crippen LogP) is 2.05. The summed E-state index contributed by atoms with van der Waals surface area (Å²) in [5.74, 6) is 2.29. The molecule has 28 heavy (non-hydrogen) atoms. The number of imidazole rings is 1. The van der Waals surface area contributed by atoms with Crippen LogP contribution in [-0.4, -0.2) is 64.6 Å². The summed E-state index contributed by atoms with van der Waals surface area (Å²) in [4.78, 5) is 25.0. The molecule has 3 aromatic rings. The first-order valence-electron chi connectivity index (χ1n) is 9.59. The van der Waals surface area contributed by atoms with Gasteiger partial charge in [0.1, 0.15) is 12.4 Å². The molecule has 2 aromatic carbocycles. The molecule has 144 valence electrons. The first-order valence-corrected chi connectivity index (χ1v) is 9.59. The molecule has 7 heteroatoms. The fourth-order valence-corrected chi connectivity index (χ4v) is 3.76. The number of hydrogen-bond donors (Lipinski definition) is 1. The van der Waals surface area contributed by atoms with E-state index >= 15 is 0 Å². The molecule has 0 saturated carbocycles. The number of aromatic nitrogens is 2. The quantitative estimate of drug-likeness (QED) is 0.755. The Balaban J connectivity index is 1.17. The number of piperazine rings is 1. The molecule has 1 fully saturated rings. The lowest BCUT2D eigenvalue weighted by molar-refractivity contribution is -0.143. The molecule has 1 amide bonds. The minimum atomic E-state index is -0.572. The zero-order valence-electron chi connectivity index (χ0n) is 15.5. The molecule has 7 nitrogen and oxygen atoms in total. The van der Waals surface area contributed by atoms with Crippen molar-refractivity contribution in [3.05, 3.63) is 54.4 Å². The van der Waals surface area contributed by atoms with Crippen LogP contribution in [0.15, 0.2) is 48.5 Å². The van der Waals surface area contributed by atoms with Crippen molar-refractivity contribution in [2.75, 3.05) is 32.8 Å². The van der Waals surface area contributed by atoms with E-state index in [4.69, 9.17) is 9.47 Å². The highest BCUT2D eigenvalue weighted by Gasteiger charge is 2.32. The summed E-state index contributed by atoms with van der Waals surface area (Å²) in [5.41, 5.74) is 2.04. The molecule has 0 bridgehead atoms. The van der Waals surface area contributed by atoms with Gasteiger partial charge in [-0.3, -0.25) is 9.69 Å². The van der Waals surface area contributed by atoms with Gasteiger partial charge in [0, 0.05) is 26.2 Å². The minimum Gasteiger partial charge on any atom is -0.485 e. The molecule has 0 radical (unpaired) electrons. The van der Waals surface area contributed by atoms with Crippen molar-refractivity contribution >= 4 is 16.9 Å². The maximum Gasteiger partial charge on any atom is 0.267 e. The van der Waals surface area contributed by atoms with Gasteiger partial charge in [-0.05, 0) is 24.3 Å². The fraction of sp³-hybridized carbons (Fsp3) is 0.333. The zero-order valence-corrected chi connectivity index (χ0v) is 15.5. The van der Waals surface area contributed by atoms with E-state index in [9.17, 15) is 4.79 Å². The summed E-state index contributed by atoms with van der Waals surface area (Å²) in [6, 6.07) is 15.5. The van der Waals surface area contributed by atoms with Crippen molar-refractivity contribution in [2.45, 2.75) is 12.6 Å². The number of nitrogens with one attached hydrogen (secondary N) is 1. The Morgan fingerprint density at radius 1 is 1.04 bits per heavy atom. The Hall–Kier alpha value is -3.06. The fourth-order valence-electron chi connectivity index (χ4n) is 3.76. The summed E-state index contributed by atoms with van der Waals surface area (Å²) < 4.78 is 11.5. The lowest BCUT2D eigenvalue weighted by Gasteiger charge is -2.36. The summed E-state index contributed by atoms with van der Waals surface area (Å²) in [5, 5.41) is 0. The van der Waals surface area contributed by atoms with Crippen LogP contribution < -0.4 is 9.47 Å². The zero-order chi connectivity index (χ0) is 18.9. The van der Waals surface area contributed by atoms with Gasteiger partial charge in [0.15, 0.2) is 11.5 Å². The number of benzene rings is 2. The van der Waals surface area contributed by atoms with Crippen LogP contribution in [0.25, 0.3) is 11.0 Å². The average Bonchev–Trinajstić information content (AvgIpc) is 3.16. The molecule has 3 heterocycles. The smallest absolute Gasteiger partial charge is 0.267 e. The van der Waals surface area contributed by atoms with Crippen LogP contribution >= 0.6 is 0 Å². The van der Waals surface area contributed by atoms with Crippen LogP contribution in [0.1, 0.15) is 5.82 Å². The van der Waals surface area contributed by atoms with E-state index in [1.165, 1.54) is 0 Å². The largest absolute Gasteiger partial charge is 0.485 e. The second-order valence-corrected chi connectivity index (χ2v) is 7.17. The normalized spacial score (nSPS) is 19.7. The highest BCUT2D eigenvalue weighted by molar-refractivity contribution is 5.82. The third kappa shape index (κ3) is 3.29. The number of aromatic amines is 1. The van der Waals surface area contributed by atoms with Gasteiger partial charge in [-0.15, -0.1) is 0 Å². The Bertz CT molecular complexity index is 961. The molecule has 0 aliphatic carbocycles. The third-order valence-electron chi connectivity index (χ3n) is 5.28. The van der Waals surface area contributed by atoms with Crippen LogP contribution in [0.3, 0.4) is 0 Å². The Labute approximate surface area is 162 Å². The Morgan fingerprint density at radius 3 is 2.61 bits per heavy atom. The second kappa shape index (κ2) is 7.16. The second-order valence-electron chi connectivity index (χ2n) is 7.17. The van der Waals surface area contributed by atoms with Crippen LogP contribution in [0.4, 0.5) is 0 Å². The van der Waals surface area contributed by atoms with Crippen molar-refractivity contribution in [2.24, 2.45) is 0 Å². The summed E-state index contributed by atoms with van der Waals surface area (Å²) in [6.07, 6.45) is -0.572. The van der Waals surface area contributed by atoms with E-state index in [0.29, 0.717) is 24.6 Å². The number of amides is 1. The number of para-hydroxylation sites is 4. The topological polar surface area (TPSA) is 70.7 Å². The maximum atomic E-state index is 12.8. The SMILES string of the molecule is O=C([C@H]1COc2ccccc2O1)N1CCN(Cc2nc3ccccc3[nH]2)CC1. The Kier molecular flexibility index (Phi) is 4.37. The Morgan fingerprint density at radius 2 is 1.79 bits per heavy atom. The van der Waals surface area contributed by atoms with E-state index in [0.717, 1.165) is 36.5 Å². The van der Waals surface area contributed by atoms with E-state index < -0.39 is 6.10 Å². The highest BCUT2D eigenvalue weighted by atomic mass is 16.6. The van der Waals surface area contributed by atoms with E-state index in [1.54, 1.807) is 0 Å². The van der Waals surface area contributed by atoms with Gasteiger partial charge in [-0.25, -0.2) is 4.98 Å². The minimum absolute atomic E-state index is 0.00195. The molecule has 0 spiro atoms. The van der Waals surface area contributed by atoms with Crippen LogP contribution in [0.5, 0.6) is 11.5 Å². The van der Waals surface area contributed by atoms with Crippen LogP contribution in [0, 0.1) is 0 Å². The van der Waals surface area contributed by atoms with E-state index in [1.807, 2.05) is 53.4 Å². The monoisotopic (exact) mass is 378 g/mol. The number of H-pyrrole nitrogens is 1. The standard InChI is InChI=1S/C21H22N4O3/c26-21(19-14-27-17-7-3-4-8-18(17)28-19)25-11-9-24(10-12-25)13-20-22-15-5-1-2-6-16(15)23-20/h1-8,19H,9-14H2,(H,22,23)/t19-/m1/s1. The summed E-state index contributed by atoms with van der Waals surface area (Å²) in [7, 11) is 0. The van der Waals surface area contributed by atoms with Gasteiger partial charge in [-0.2, -0.15) is 0 Å². The molecule has 1 atom stereocenters. The molecule has 1 saturated heterocycles. The number of carbonyl (C=O) groups is 1. The lowest BCUT2D eigenvalue weighted by Crippen LogP contribution is -2.53. The van der Waals surface area contributed by atoms with Crippen molar-refractivity contribution < 1.29 is 14.3 Å². The molecule has 1 N–H and O–H groups in total. The molecule has 5 rings (SSSR count). The van der Waals surface area contributed by atoms with Crippen molar-refractivity contribution in [1.29, 1.82) is 0 Å². The van der Waals surface area contributed by atoms with Crippen molar-refractivity contribution in [3.8, 4) is 11.5 Å². The number of carbonyl (C=O) groups excluding carboxylic acids is 1. The summed E-state index contributed by atoms with van der Waals surface area (Å²) in [6.45, 7) is 4.00. The van der Waals surface area contributed by atoms with Gasteiger partial charge in [0.2, 0.25) is 6.10 Å². The maximum absolute atomic E-state index is 12.8. The first kappa shape index (κ1) is 17.1. The number of hydrogen-bond acceptors (Lipinski definition) is 5. The molecule has 2 aliphatic rings. The van der Waals surface area contributed by atoms with Gasteiger partial charge in [0.25, 0.3) is 5.91 Å². The van der Waals surface area contributed by atoms with Gasteiger partial charge >= 0.3 is 0 Å².